The van der Waals surface area contributed by atoms with Gasteiger partial charge in [0.2, 0.25) is 0 Å². The van der Waals surface area contributed by atoms with Crippen LogP contribution >= 0.6 is 0 Å². The van der Waals surface area contributed by atoms with Gasteiger partial charge in [0.1, 0.15) is 11.5 Å². The lowest BCUT2D eigenvalue weighted by molar-refractivity contribution is -0.119. The molecule has 90 valence electrons. The molecule has 0 atom stereocenters. The second-order valence-electron chi connectivity index (χ2n) is 4.63. The maximum atomic E-state index is 11.7. The van der Waals surface area contributed by atoms with E-state index >= 15 is 0 Å². The summed E-state index contributed by atoms with van der Waals surface area (Å²) in [6.45, 7) is 2.13. The second-order valence-corrected chi connectivity index (χ2v) is 4.63. The number of ketones is 1. The van der Waals surface area contributed by atoms with Crippen LogP contribution in [-0.4, -0.2) is 5.78 Å². The first kappa shape index (κ1) is 11.9. The SMILES string of the molecule is CC1=CC=C(CCC(=O)CCc2ccco2)C1. The summed E-state index contributed by atoms with van der Waals surface area (Å²) < 4.78 is 5.20. The number of Topliss-reactive ketones (excluding diaryl/α,β-unsaturated/α-hetero) is 1. The molecule has 2 rings (SSSR count). The Balaban J connectivity index is 1.65. The number of aryl methyl sites for hydroxylation is 1. The molecule has 1 aromatic rings. The van der Waals surface area contributed by atoms with E-state index in [2.05, 4.69) is 19.1 Å². The molecule has 0 fully saturated rings. The number of rotatable bonds is 6. The van der Waals surface area contributed by atoms with Crippen LogP contribution in [0.3, 0.4) is 0 Å². The van der Waals surface area contributed by atoms with E-state index in [0.717, 1.165) is 25.0 Å². The molecule has 0 saturated carbocycles. The van der Waals surface area contributed by atoms with Crippen molar-refractivity contribution in [2.75, 3.05) is 0 Å². The van der Waals surface area contributed by atoms with E-state index in [-0.39, 0.29) is 0 Å². The summed E-state index contributed by atoms with van der Waals surface area (Å²) in [7, 11) is 0. The van der Waals surface area contributed by atoms with Crippen molar-refractivity contribution in [2.45, 2.75) is 39.0 Å². The van der Waals surface area contributed by atoms with Gasteiger partial charge >= 0.3 is 0 Å². The molecular formula is C15H18O2. The van der Waals surface area contributed by atoms with E-state index in [0.29, 0.717) is 18.6 Å². The highest BCUT2D eigenvalue weighted by Crippen LogP contribution is 2.22. The number of hydrogen-bond donors (Lipinski definition) is 0. The lowest BCUT2D eigenvalue weighted by Crippen LogP contribution is -2.00. The fraction of sp³-hybridized carbons (Fsp3) is 0.400. The van der Waals surface area contributed by atoms with Gasteiger partial charge in [0.25, 0.3) is 0 Å². The summed E-state index contributed by atoms with van der Waals surface area (Å²) in [5.74, 6) is 1.22. The van der Waals surface area contributed by atoms with Crippen molar-refractivity contribution in [3.05, 3.63) is 47.5 Å². The molecule has 0 aliphatic heterocycles. The molecule has 0 saturated heterocycles. The van der Waals surface area contributed by atoms with Crippen LogP contribution in [0.1, 0.15) is 38.4 Å². The van der Waals surface area contributed by atoms with Crippen molar-refractivity contribution in [3.8, 4) is 0 Å². The number of furan rings is 1. The van der Waals surface area contributed by atoms with Crippen LogP contribution in [-0.2, 0) is 11.2 Å². The molecule has 1 aromatic heterocycles. The van der Waals surface area contributed by atoms with Gasteiger partial charge in [-0.05, 0) is 31.9 Å². The average Bonchev–Trinajstić information content (AvgIpc) is 2.95. The van der Waals surface area contributed by atoms with Crippen LogP contribution in [0, 0.1) is 0 Å². The molecule has 0 amide bonds. The minimum Gasteiger partial charge on any atom is -0.469 e. The molecular weight excluding hydrogens is 212 g/mol. The largest absolute Gasteiger partial charge is 0.469 e. The van der Waals surface area contributed by atoms with Crippen molar-refractivity contribution in [1.82, 2.24) is 0 Å². The Bertz CT molecular complexity index is 435. The third kappa shape index (κ3) is 3.74. The van der Waals surface area contributed by atoms with E-state index in [1.165, 1.54) is 11.1 Å². The lowest BCUT2D eigenvalue weighted by atomic mass is 10.0. The minimum atomic E-state index is 0.326. The molecule has 2 heteroatoms. The molecule has 0 aromatic carbocycles. The van der Waals surface area contributed by atoms with E-state index in [9.17, 15) is 4.79 Å². The Kier molecular flexibility index (Phi) is 3.97. The lowest BCUT2D eigenvalue weighted by Gasteiger charge is -2.02. The quantitative estimate of drug-likeness (QED) is 0.743. The molecule has 2 nitrogen and oxygen atoms in total. The van der Waals surface area contributed by atoms with Crippen LogP contribution in [0.15, 0.2) is 46.1 Å². The molecule has 0 unspecified atom stereocenters. The first-order valence-corrected chi connectivity index (χ1v) is 6.13. The molecule has 17 heavy (non-hydrogen) atoms. The van der Waals surface area contributed by atoms with E-state index in [1.807, 2.05) is 12.1 Å². The van der Waals surface area contributed by atoms with E-state index in [4.69, 9.17) is 4.42 Å². The molecule has 0 bridgehead atoms. The van der Waals surface area contributed by atoms with Crippen LogP contribution < -0.4 is 0 Å². The number of allylic oxidation sites excluding steroid dienone is 4. The van der Waals surface area contributed by atoms with Gasteiger partial charge in [-0.2, -0.15) is 0 Å². The highest BCUT2D eigenvalue weighted by Gasteiger charge is 2.08. The van der Waals surface area contributed by atoms with Gasteiger partial charge in [-0.25, -0.2) is 0 Å². The van der Waals surface area contributed by atoms with Crippen molar-refractivity contribution in [1.29, 1.82) is 0 Å². The maximum absolute atomic E-state index is 11.7. The standard InChI is InChI=1S/C15H18O2/c1-12-4-5-13(11-12)6-7-14(16)8-9-15-3-2-10-17-15/h2-5,10H,6-9,11H2,1H3. The second kappa shape index (κ2) is 5.67. The maximum Gasteiger partial charge on any atom is 0.133 e. The first-order valence-electron chi connectivity index (χ1n) is 6.13. The van der Waals surface area contributed by atoms with Gasteiger partial charge < -0.3 is 4.42 Å². The van der Waals surface area contributed by atoms with E-state index in [1.54, 1.807) is 6.26 Å². The van der Waals surface area contributed by atoms with Gasteiger partial charge in [-0.3, -0.25) is 4.79 Å². The Hall–Kier alpha value is -1.57. The smallest absolute Gasteiger partial charge is 0.133 e. The zero-order valence-corrected chi connectivity index (χ0v) is 10.2. The zero-order valence-electron chi connectivity index (χ0n) is 10.2. The van der Waals surface area contributed by atoms with Crippen LogP contribution in [0.25, 0.3) is 0 Å². The Morgan fingerprint density at radius 3 is 2.76 bits per heavy atom. The zero-order chi connectivity index (χ0) is 12.1. The topological polar surface area (TPSA) is 30.2 Å². The molecule has 1 aliphatic rings. The third-order valence-electron chi connectivity index (χ3n) is 3.06. The summed E-state index contributed by atoms with van der Waals surface area (Å²) in [5.41, 5.74) is 2.77. The van der Waals surface area contributed by atoms with Gasteiger partial charge in [0, 0.05) is 19.3 Å². The van der Waals surface area contributed by atoms with Crippen LogP contribution in [0.5, 0.6) is 0 Å². The monoisotopic (exact) mass is 230 g/mol. The summed E-state index contributed by atoms with van der Waals surface area (Å²) >= 11 is 0. The van der Waals surface area contributed by atoms with Crippen molar-refractivity contribution in [3.63, 3.8) is 0 Å². The predicted octanol–water partition coefficient (Wildman–Crippen LogP) is 3.84. The fourth-order valence-electron chi connectivity index (χ4n) is 2.05. The highest BCUT2D eigenvalue weighted by molar-refractivity contribution is 5.78. The Morgan fingerprint density at radius 1 is 1.29 bits per heavy atom. The van der Waals surface area contributed by atoms with Gasteiger partial charge in [-0.15, -0.1) is 0 Å². The Labute approximate surface area is 102 Å². The van der Waals surface area contributed by atoms with Gasteiger partial charge in [0.05, 0.1) is 6.26 Å². The molecule has 0 N–H and O–H groups in total. The average molecular weight is 230 g/mol. The summed E-state index contributed by atoms with van der Waals surface area (Å²) in [6.07, 6.45) is 9.87. The van der Waals surface area contributed by atoms with Crippen molar-refractivity contribution < 1.29 is 9.21 Å². The summed E-state index contributed by atoms with van der Waals surface area (Å²) in [4.78, 5) is 11.7. The third-order valence-corrected chi connectivity index (χ3v) is 3.06. The van der Waals surface area contributed by atoms with Crippen LogP contribution in [0.2, 0.25) is 0 Å². The molecule has 1 aliphatic carbocycles. The summed E-state index contributed by atoms with van der Waals surface area (Å²) in [5, 5.41) is 0. The van der Waals surface area contributed by atoms with Crippen molar-refractivity contribution in [2.24, 2.45) is 0 Å². The van der Waals surface area contributed by atoms with Crippen LogP contribution in [0.4, 0.5) is 0 Å². The number of carbonyl (C=O) groups is 1. The Morgan fingerprint density at radius 2 is 2.12 bits per heavy atom. The van der Waals surface area contributed by atoms with Gasteiger partial charge in [0.15, 0.2) is 0 Å². The molecule has 0 radical (unpaired) electrons. The number of carbonyl (C=O) groups excluding carboxylic acids is 1. The summed E-state index contributed by atoms with van der Waals surface area (Å²) in [6, 6.07) is 3.78. The van der Waals surface area contributed by atoms with E-state index < -0.39 is 0 Å². The fourth-order valence-corrected chi connectivity index (χ4v) is 2.05. The first-order chi connectivity index (χ1) is 8.24. The van der Waals surface area contributed by atoms with Gasteiger partial charge in [-0.1, -0.05) is 23.3 Å². The normalized spacial score (nSPS) is 14.6. The molecule has 0 spiro atoms. The minimum absolute atomic E-state index is 0.326. The number of hydrogen-bond acceptors (Lipinski definition) is 2. The molecule has 1 heterocycles. The predicted molar refractivity (Wildman–Crippen MR) is 67.7 cm³/mol. The van der Waals surface area contributed by atoms with Crippen molar-refractivity contribution >= 4 is 5.78 Å². The highest BCUT2D eigenvalue weighted by atomic mass is 16.3.